The summed E-state index contributed by atoms with van der Waals surface area (Å²) < 4.78 is 0. The number of anilines is 1. The maximum absolute atomic E-state index is 8.49. The lowest BCUT2D eigenvalue weighted by atomic mass is 10.1. The van der Waals surface area contributed by atoms with Gasteiger partial charge >= 0.3 is 0 Å². The highest BCUT2D eigenvalue weighted by Gasteiger charge is 1.99. The van der Waals surface area contributed by atoms with Crippen molar-refractivity contribution in [1.82, 2.24) is 0 Å². The number of benzene rings is 1. The molecule has 0 aliphatic rings. The minimum atomic E-state index is 0.810. The first kappa shape index (κ1) is 9.34. The molecule has 1 aromatic rings. The van der Waals surface area contributed by atoms with Crippen LogP contribution in [0.5, 0.6) is 0 Å². The minimum Gasteiger partial charge on any atom is -0.293 e. The molecule has 66 valence electrons. The number of hydrogen-bond acceptors (Lipinski definition) is 2. The van der Waals surface area contributed by atoms with E-state index in [4.69, 9.17) is 5.26 Å². The first-order valence-corrected chi connectivity index (χ1v) is 4.11. The Morgan fingerprint density at radius 2 is 2.23 bits per heavy atom. The van der Waals surface area contributed by atoms with Crippen LogP contribution < -0.4 is 5.32 Å². The number of nitrogens with one attached hydrogen (secondary N) is 1. The predicted octanol–water partition coefficient (Wildman–Crippen LogP) is 2.70. The third-order valence-corrected chi connectivity index (χ3v) is 1.70. The Morgan fingerprint density at radius 3 is 2.85 bits per heavy atom. The number of hydrogen-bond donors (Lipinski definition) is 1. The fourth-order valence-corrected chi connectivity index (χ4v) is 1.18. The number of allylic oxidation sites excluding steroid dienone is 1. The number of para-hydroxylation sites is 1. The van der Waals surface area contributed by atoms with E-state index in [0.29, 0.717) is 0 Å². The summed E-state index contributed by atoms with van der Waals surface area (Å²) in [4.78, 5) is 0. The van der Waals surface area contributed by atoms with Gasteiger partial charge in [-0.3, -0.25) is 5.32 Å². The van der Waals surface area contributed by atoms with Crippen molar-refractivity contribution in [1.29, 1.82) is 5.26 Å². The lowest BCUT2D eigenvalue weighted by Gasteiger charge is -2.06. The molecule has 2 heteroatoms. The summed E-state index contributed by atoms with van der Waals surface area (Å²) in [7, 11) is 0. The van der Waals surface area contributed by atoms with Crippen LogP contribution in [0, 0.1) is 11.5 Å². The first-order chi connectivity index (χ1) is 6.24. The van der Waals surface area contributed by atoms with Gasteiger partial charge in [0.2, 0.25) is 0 Å². The normalized spacial score (nSPS) is 8.92. The largest absolute Gasteiger partial charge is 0.293 e. The lowest BCUT2D eigenvalue weighted by Crippen LogP contribution is -1.94. The monoisotopic (exact) mass is 172 g/mol. The molecule has 13 heavy (non-hydrogen) atoms. The predicted molar refractivity (Wildman–Crippen MR) is 54.2 cm³/mol. The van der Waals surface area contributed by atoms with Crippen molar-refractivity contribution in [2.24, 2.45) is 0 Å². The highest BCUT2D eigenvalue weighted by molar-refractivity contribution is 5.54. The summed E-state index contributed by atoms with van der Waals surface area (Å²) >= 11 is 0. The van der Waals surface area contributed by atoms with E-state index in [1.807, 2.05) is 37.4 Å². The van der Waals surface area contributed by atoms with Crippen molar-refractivity contribution < 1.29 is 0 Å². The molecule has 0 aliphatic heterocycles. The van der Waals surface area contributed by atoms with Crippen LogP contribution in [0.15, 0.2) is 36.4 Å². The Morgan fingerprint density at radius 1 is 1.54 bits per heavy atom. The standard InChI is InChI=1S/C11H12N2/c1-9(2)7-10-5-3-4-6-11(10)13-8-12/h3-6,13H,1,7H2,2H3. The summed E-state index contributed by atoms with van der Waals surface area (Å²) in [5.41, 5.74) is 3.07. The van der Waals surface area contributed by atoms with Crippen LogP contribution in [0.2, 0.25) is 0 Å². The van der Waals surface area contributed by atoms with Gasteiger partial charge in [-0.1, -0.05) is 30.4 Å². The molecule has 1 N–H and O–H groups in total. The van der Waals surface area contributed by atoms with Crippen molar-refractivity contribution in [2.75, 3.05) is 5.32 Å². The maximum Gasteiger partial charge on any atom is 0.181 e. The molecule has 1 aromatic carbocycles. The Bertz CT molecular complexity index is 347. The summed E-state index contributed by atoms with van der Waals surface area (Å²) in [5.74, 6) is 0. The van der Waals surface area contributed by atoms with Gasteiger partial charge in [-0.25, -0.2) is 0 Å². The van der Waals surface area contributed by atoms with E-state index in [1.54, 1.807) is 0 Å². The molecule has 0 saturated heterocycles. The smallest absolute Gasteiger partial charge is 0.181 e. The Labute approximate surface area is 78.5 Å². The molecule has 0 radical (unpaired) electrons. The van der Waals surface area contributed by atoms with Crippen LogP contribution in [0.25, 0.3) is 0 Å². The average Bonchev–Trinajstić information content (AvgIpc) is 2.08. The van der Waals surface area contributed by atoms with Gasteiger partial charge in [0.1, 0.15) is 0 Å². The zero-order valence-corrected chi connectivity index (χ0v) is 7.67. The van der Waals surface area contributed by atoms with E-state index in [9.17, 15) is 0 Å². The summed E-state index contributed by atoms with van der Waals surface area (Å²) in [6.07, 6.45) is 2.73. The minimum absolute atomic E-state index is 0.810. The van der Waals surface area contributed by atoms with E-state index in [-0.39, 0.29) is 0 Å². The average molecular weight is 172 g/mol. The van der Waals surface area contributed by atoms with E-state index in [2.05, 4.69) is 11.9 Å². The topological polar surface area (TPSA) is 35.8 Å². The summed E-state index contributed by atoms with van der Waals surface area (Å²) in [6.45, 7) is 5.82. The van der Waals surface area contributed by atoms with E-state index < -0.39 is 0 Å². The van der Waals surface area contributed by atoms with Crippen LogP contribution in [0.1, 0.15) is 12.5 Å². The third-order valence-electron chi connectivity index (χ3n) is 1.70. The van der Waals surface area contributed by atoms with Crippen molar-refractivity contribution >= 4 is 5.69 Å². The van der Waals surface area contributed by atoms with Crippen LogP contribution in [-0.4, -0.2) is 0 Å². The second kappa shape index (κ2) is 4.32. The molecule has 0 heterocycles. The van der Waals surface area contributed by atoms with Gasteiger partial charge in [0.15, 0.2) is 6.19 Å². The van der Waals surface area contributed by atoms with Gasteiger partial charge in [0.05, 0.1) is 5.69 Å². The Kier molecular flexibility index (Phi) is 3.10. The highest BCUT2D eigenvalue weighted by atomic mass is 14.9. The van der Waals surface area contributed by atoms with Crippen LogP contribution >= 0.6 is 0 Å². The molecule has 0 atom stereocenters. The van der Waals surface area contributed by atoms with Crippen LogP contribution in [0.4, 0.5) is 5.69 Å². The quantitative estimate of drug-likeness (QED) is 0.432. The van der Waals surface area contributed by atoms with E-state index in [1.165, 1.54) is 0 Å². The molecule has 0 unspecified atom stereocenters. The zero-order chi connectivity index (χ0) is 9.68. The van der Waals surface area contributed by atoms with E-state index in [0.717, 1.165) is 23.2 Å². The second-order valence-electron chi connectivity index (χ2n) is 3.03. The molecule has 0 amide bonds. The van der Waals surface area contributed by atoms with Crippen LogP contribution in [0.3, 0.4) is 0 Å². The van der Waals surface area contributed by atoms with Gasteiger partial charge in [-0.2, -0.15) is 5.26 Å². The molecule has 0 bridgehead atoms. The molecular weight excluding hydrogens is 160 g/mol. The van der Waals surface area contributed by atoms with Crippen molar-refractivity contribution in [3.63, 3.8) is 0 Å². The molecule has 2 nitrogen and oxygen atoms in total. The molecular formula is C11H12N2. The Balaban J connectivity index is 2.92. The highest BCUT2D eigenvalue weighted by Crippen LogP contribution is 2.17. The summed E-state index contributed by atoms with van der Waals surface area (Å²) in [5, 5.41) is 11.1. The van der Waals surface area contributed by atoms with Gasteiger partial charge < -0.3 is 0 Å². The lowest BCUT2D eigenvalue weighted by molar-refractivity contribution is 1.15. The molecule has 0 spiro atoms. The van der Waals surface area contributed by atoms with Gasteiger partial charge in [-0.15, -0.1) is 0 Å². The molecule has 0 aromatic heterocycles. The fourth-order valence-electron chi connectivity index (χ4n) is 1.18. The van der Waals surface area contributed by atoms with Crippen molar-refractivity contribution in [3.8, 4) is 6.19 Å². The van der Waals surface area contributed by atoms with Crippen LogP contribution in [-0.2, 0) is 6.42 Å². The fraction of sp³-hybridized carbons (Fsp3) is 0.182. The van der Waals surface area contributed by atoms with Gasteiger partial charge in [0, 0.05) is 0 Å². The first-order valence-electron chi connectivity index (χ1n) is 4.11. The van der Waals surface area contributed by atoms with Crippen molar-refractivity contribution in [2.45, 2.75) is 13.3 Å². The van der Waals surface area contributed by atoms with Gasteiger partial charge in [0.25, 0.3) is 0 Å². The number of nitriles is 1. The molecule has 0 saturated carbocycles. The number of nitrogens with zero attached hydrogens (tertiary/aromatic N) is 1. The molecule has 0 fully saturated rings. The molecule has 0 aliphatic carbocycles. The van der Waals surface area contributed by atoms with Gasteiger partial charge in [-0.05, 0) is 25.0 Å². The summed E-state index contributed by atoms with van der Waals surface area (Å²) in [6, 6.07) is 7.75. The maximum atomic E-state index is 8.49. The third kappa shape index (κ3) is 2.64. The SMILES string of the molecule is C=C(C)Cc1ccccc1NC#N. The Hall–Kier alpha value is -1.75. The second-order valence-corrected chi connectivity index (χ2v) is 3.03. The zero-order valence-electron chi connectivity index (χ0n) is 7.67. The van der Waals surface area contributed by atoms with E-state index >= 15 is 0 Å². The number of rotatable bonds is 3. The van der Waals surface area contributed by atoms with Crippen molar-refractivity contribution in [3.05, 3.63) is 42.0 Å². The molecule has 1 rings (SSSR count).